The zero-order chi connectivity index (χ0) is 16.6. The molecule has 1 heterocycles. The summed E-state index contributed by atoms with van der Waals surface area (Å²) >= 11 is 0. The zero-order valence-corrected chi connectivity index (χ0v) is 13.4. The molecule has 118 valence electrons. The number of sulfonamides is 1. The minimum Gasteiger partial charge on any atom is -0.241 e. The van der Waals surface area contributed by atoms with Crippen molar-refractivity contribution < 1.29 is 12.8 Å². The second kappa shape index (κ2) is 5.68. The summed E-state index contributed by atoms with van der Waals surface area (Å²) < 4.78 is 40.1. The lowest BCUT2D eigenvalue weighted by molar-refractivity contribution is 0.589. The van der Waals surface area contributed by atoms with E-state index in [0.29, 0.717) is 27.7 Å². The molecule has 0 spiro atoms. The van der Waals surface area contributed by atoms with Crippen molar-refractivity contribution in [3.05, 3.63) is 54.2 Å². The number of aryl methyl sites for hydroxylation is 1. The highest BCUT2D eigenvalue weighted by Gasteiger charge is 2.19. The van der Waals surface area contributed by atoms with Crippen molar-refractivity contribution in [2.75, 3.05) is 7.05 Å². The van der Waals surface area contributed by atoms with Crippen LogP contribution in [-0.2, 0) is 10.0 Å². The Hall–Kier alpha value is -2.38. The maximum Gasteiger partial charge on any atom is 0.242 e. The third-order valence-corrected chi connectivity index (χ3v) is 5.07. The molecule has 23 heavy (non-hydrogen) atoms. The fraction of sp³-hybridized carbons (Fsp3) is 0.125. The fourth-order valence-corrected chi connectivity index (χ4v) is 3.30. The van der Waals surface area contributed by atoms with E-state index >= 15 is 0 Å². The first-order chi connectivity index (χ1) is 10.9. The molecule has 1 N–H and O–H groups in total. The monoisotopic (exact) mass is 331 g/mol. The van der Waals surface area contributed by atoms with Gasteiger partial charge >= 0.3 is 0 Å². The molecule has 7 heteroatoms. The number of halogens is 1. The van der Waals surface area contributed by atoms with E-state index in [-0.39, 0.29) is 10.7 Å². The Bertz CT molecular complexity index is 986. The van der Waals surface area contributed by atoms with Gasteiger partial charge in [-0.1, -0.05) is 12.1 Å². The van der Waals surface area contributed by atoms with E-state index in [1.54, 1.807) is 19.1 Å². The minimum absolute atomic E-state index is 0.0716. The van der Waals surface area contributed by atoms with E-state index in [4.69, 9.17) is 0 Å². The first-order valence-corrected chi connectivity index (χ1v) is 8.35. The summed E-state index contributed by atoms with van der Waals surface area (Å²) in [5.74, 6) is -0.350. The molecule has 0 saturated carbocycles. The number of fused-ring (bicyclic) bond motifs is 1. The van der Waals surface area contributed by atoms with E-state index in [1.807, 2.05) is 6.07 Å². The van der Waals surface area contributed by atoms with E-state index in [2.05, 4.69) is 14.7 Å². The number of rotatable bonds is 3. The molecule has 0 aliphatic rings. The lowest BCUT2D eigenvalue weighted by Gasteiger charge is -2.11. The highest BCUT2D eigenvalue weighted by molar-refractivity contribution is 7.89. The maximum absolute atomic E-state index is 13.1. The standard InChI is InChI=1S/C16H14FN3O2S/c1-10-14-7-12(11-3-5-13(17)6-4-11)8-15(23(21,22)18-2)16(14)20-9-19-10/h3-9,18H,1-2H3. The molecule has 5 nitrogen and oxygen atoms in total. The Kier molecular flexibility index (Phi) is 3.83. The first-order valence-electron chi connectivity index (χ1n) is 6.87. The van der Waals surface area contributed by atoms with Gasteiger partial charge in [0.05, 0.1) is 5.52 Å². The molecule has 0 atom stereocenters. The average Bonchev–Trinajstić information content (AvgIpc) is 2.55. The van der Waals surface area contributed by atoms with Crippen LogP contribution in [0.15, 0.2) is 47.6 Å². The molecule has 0 radical (unpaired) electrons. The Labute approximate surface area is 133 Å². The van der Waals surface area contributed by atoms with E-state index in [9.17, 15) is 12.8 Å². The van der Waals surface area contributed by atoms with Crippen LogP contribution in [0.25, 0.3) is 22.0 Å². The highest BCUT2D eigenvalue weighted by Crippen LogP contribution is 2.30. The highest BCUT2D eigenvalue weighted by atomic mass is 32.2. The fourth-order valence-electron chi connectivity index (χ4n) is 2.38. The van der Waals surface area contributed by atoms with E-state index < -0.39 is 10.0 Å². The number of nitrogens with zero attached hydrogens (tertiary/aromatic N) is 2. The molecule has 3 rings (SSSR count). The lowest BCUT2D eigenvalue weighted by Crippen LogP contribution is -2.19. The maximum atomic E-state index is 13.1. The summed E-state index contributed by atoms with van der Waals surface area (Å²) in [4.78, 5) is 8.31. The third-order valence-electron chi connectivity index (χ3n) is 3.64. The summed E-state index contributed by atoms with van der Waals surface area (Å²) in [7, 11) is -2.35. The summed E-state index contributed by atoms with van der Waals surface area (Å²) in [6.07, 6.45) is 1.34. The summed E-state index contributed by atoms with van der Waals surface area (Å²) in [5, 5.41) is 0.642. The summed E-state index contributed by atoms with van der Waals surface area (Å²) in [5.41, 5.74) is 2.40. The van der Waals surface area contributed by atoms with Crippen LogP contribution >= 0.6 is 0 Å². The second-order valence-corrected chi connectivity index (χ2v) is 6.90. The quantitative estimate of drug-likeness (QED) is 0.801. The van der Waals surface area contributed by atoms with Crippen LogP contribution in [0.4, 0.5) is 4.39 Å². The van der Waals surface area contributed by atoms with E-state index in [0.717, 1.165) is 0 Å². The molecular weight excluding hydrogens is 317 g/mol. The molecule has 0 fully saturated rings. The summed E-state index contributed by atoms with van der Waals surface area (Å²) in [6, 6.07) is 9.22. The molecule has 0 amide bonds. The molecule has 0 aliphatic carbocycles. The Morgan fingerprint density at radius 2 is 1.74 bits per heavy atom. The van der Waals surface area contributed by atoms with Crippen molar-refractivity contribution in [1.82, 2.24) is 14.7 Å². The second-order valence-electron chi connectivity index (χ2n) is 5.04. The lowest BCUT2D eigenvalue weighted by atomic mass is 10.0. The van der Waals surface area contributed by atoms with Gasteiger partial charge in [-0.25, -0.2) is 27.5 Å². The van der Waals surface area contributed by atoms with Crippen molar-refractivity contribution in [3.8, 4) is 11.1 Å². The Morgan fingerprint density at radius 1 is 1.04 bits per heavy atom. The molecule has 0 bridgehead atoms. The van der Waals surface area contributed by atoms with Crippen LogP contribution < -0.4 is 4.72 Å². The number of nitrogens with one attached hydrogen (secondary N) is 1. The molecule has 1 aromatic heterocycles. The van der Waals surface area contributed by atoms with Crippen molar-refractivity contribution in [2.24, 2.45) is 0 Å². The first kappa shape index (κ1) is 15.5. The van der Waals surface area contributed by atoms with Gasteiger partial charge < -0.3 is 0 Å². The number of aromatic nitrogens is 2. The van der Waals surface area contributed by atoms with Crippen LogP contribution in [0.1, 0.15) is 5.69 Å². The Balaban J connectivity index is 2.37. The predicted molar refractivity (Wildman–Crippen MR) is 85.9 cm³/mol. The third kappa shape index (κ3) is 2.80. The van der Waals surface area contributed by atoms with Crippen LogP contribution in [0.3, 0.4) is 0 Å². The van der Waals surface area contributed by atoms with Crippen LogP contribution in [0.2, 0.25) is 0 Å². The predicted octanol–water partition coefficient (Wildman–Crippen LogP) is 2.65. The van der Waals surface area contributed by atoms with Gasteiger partial charge in [-0.15, -0.1) is 0 Å². The number of benzene rings is 2. The van der Waals surface area contributed by atoms with E-state index in [1.165, 1.54) is 31.6 Å². The molecule has 0 saturated heterocycles. The van der Waals surface area contributed by atoms with Gasteiger partial charge in [-0.2, -0.15) is 0 Å². The van der Waals surface area contributed by atoms with Gasteiger partial charge in [0.25, 0.3) is 0 Å². The molecular formula is C16H14FN3O2S. The largest absolute Gasteiger partial charge is 0.242 e. The average molecular weight is 331 g/mol. The number of hydrogen-bond donors (Lipinski definition) is 1. The van der Waals surface area contributed by atoms with Gasteiger partial charge in [0.1, 0.15) is 17.0 Å². The molecule has 0 aliphatic heterocycles. The van der Waals surface area contributed by atoms with Crippen molar-refractivity contribution in [3.63, 3.8) is 0 Å². The topological polar surface area (TPSA) is 72.0 Å². The van der Waals surface area contributed by atoms with Crippen molar-refractivity contribution in [1.29, 1.82) is 0 Å². The van der Waals surface area contributed by atoms with Gasteiger partial charge in [-0.3, -0.25) is 0 Å². The van der Waals surface area contributed by atoms with Gasteiger partial charge in [0.15, 0.2) is 0 Å². The minimum atomic E-state index is -3.69. The van der Waals surface area contributed by atoms with Gasteiger partial charge in [-0.05, 0) is 49.4 Å². The van der Waals surface area contributed by atoms with Gasteiger partial charge in [0, 0.05) is 11.1 Å². The van der Waals surface area contributed by atoms with Gasteiger partial charge in [0.2, 0.25) is 10.0 Å². The smallest absolute Gasteiger partial charge is 0.241 e. The van der Waals surface area contributed by atoms with Crippen molar-refractivity contribution >= 4 is 20.9 Å². The molecule has 2 aromatic carbocycles. The van der Waals surface area contributed by atoms with Crippen LogP contribution in [0, 0.1) is 12.7 Å². The van der Waals surface area contributed by atoms with Crippen molar-refractivity contribution in [2.45, 2.75) is 11.8 Å². The molecule has 0 unspecified atom stereocenters. The van der Waals surface area contributed by atoms with Crippen LogP contribution in [0.5, 0.6) is 0 Å². The normalized spacial score (nSPS) is 11.8. The number of hydrogen-bond acceptors (Lipinski definition) is 4. The SMILES string of the molecule is CNS(=O)(=O)c1cc(-c2ccc(F)cc2)cc2c(C)ncnc12. The van der Waals surface area contributed by atoms with Crippen LogP contribution in [-0.4, -0.2) is 25.4 Å². The summed E-state index contributed by atoms with van der Waals surface area (Å²) in [6.45, 7) is 1.79. The Morgan fingerprint density at radius 3 is 2.39 bits per heavy atom. The molecule has 3 aromatic rings. The zero-order valence-electron chi connectivity index (χ0n) is 12.5.